The quantitative estimate of drug-likeness (QED) is 0.347. The van der Waals surface area contributed by atoms with Gasteiger partial charge in [0.1, 0.15) is 10.4 Å². The molecule has 36 heavy (non-hydrogen) atoms. The van der Waals surface area contributed by atoms with Crippen LogP contribution in [-0.4, -0.2) is 62.2 Å². The van der Waals surface area contributed by atoms with Gasteiger partial charge in [-0.2, -0.15) is 0 Å². The fourth-order valence-electron chi connectivity index (χ4n) is 5.74. The summed E-state index contributed by atoms with van der Waals surface area (Å²) in [4.78, 5) is 32.8. The highest BCUT2D eigenvalue weighted by atomic mass is 35.5. The molecule has 5 atom stereocenters. The second-order valence-corrected chi connectivity index (χ2v) is 11.9. The normalized spacial score (nSPS) is 29.0. The molecular formula is C24H25Cl2N7O2S. The van der Waals surface area contributed by atoms with Gasteiger partial charge in [-0.25, -0.2) is 15.0 Å². The van der Waals surface area contributed by atoms with Crippen LogP contribution < -0.4 is 15.5 Å². The number of anilines is 2. The van der Waals surface area contributed by atoms with Crippen molar-refractivity contribution in [2.45, 2.75) is 43.9 Å². The molecule has 3 aliphatic carbocycles. The molecule has 1 aliphatic heterocycles. The molecule has 4 aliphatic rings. The number of fused-ring (bicyclic) bond motifs is 3. The van der Waals surface area contributed by atoms with Gasteiger partial charge < -0.3 is 25.6 Å². The van der Waals surface area contributed by atoms with Crippen molar-refractivity contribution in [1.82, 2.24) is 25.3 Å². The maximum Gasteiger partial charge on any atom is 0.226 e. The maximum absolute atomic E-state index is 13.1. The van der Waals surface area contributed by atoms with Crippen LogP contribution in [0.2, 0.25) is 10.2 Å². The number of aliphatic hydroxyl groups excluding tert-OH is 1. The number of nitrogens with one attached hydrogen (secondary N) is 3. The van der Waals surface area contributed by atoms with Crippen molar-refractivity contribution >= 4 is 62.4 Å². The fourth-order valence-corrected chi connectivity index (χ4v) is 7.21. The number of aromatic amines is 1. The number of aliphatic hydroxyl groups is 1. The van der Waals surface area contributed by atoms with Gasteiger partial charge in [0.2, 0.25) is 5.91 Å². The summed E-state index contributed by atoms with van der Waals surface area (Å²) < 4.78 is 0. The van der Waals surface area contributed by atoms with E-state index in [4.69, 9.17) is 23.2 Å². The summed E-state index contributed by atoms with van der Waals surface area (Å²) in [5, 5.41) is 18.3. The van der Waals surface area contributed by atoms with Crippen LogP contribution in [0.25, 0.3) is 21.9 Å². The molecule has 7 rings (SSSR count). The molecule has 3 aromatic heterocycles. The van der Waals surface area contributed by atoms with E-state index in [0.29, 0.717) is 56.7 Å². The Kier molecular flexibility index (Phi) is 5.43. The van der Waals surface area contributed by atoms with Crippen molar-refractivity contribution in [2.75, 3.05) is 23.3 Å². The highest BCUT2D eigenvalue weighted by molar-refractivity contribution is 7.19. The summed E-state index contributed by atoms with van der Waals surface area (Å²) in [5.41, 5.74) is 1.88. The summed E-state index contributed by atoms with van der Waals surface area (Å²) in [6.45, 7) is 1.28. The van der Waals surface area contributed by atoms with Gasteiger partial charge in [-0.1, -0.05) is 46.7 Å². The van der Waals surface area contributed by atoms with E-state index in [0.717, 1.165) is 30.9 Å². The fraction of sp³-hybridized carbons (Fsp3) is 0.500. The number of hydrogen-bond donors (Lipinski definition) is 4. The number of rotatable bonds is 6. The van der Waals surface area contributed by atoms with Crippen molar-refractivity contribution in [3.05, 3.63) is 28.5 Å². The van der Waals surface area contributed by atoms with Crippen LogP contribution in [0, 0.1) is 17.8 Å². The van der Waals surface area contributed by atoms with Crippen LogP contribution in [0.15, 0.2) is 18.3 Å². The van der Waals surface area contributed by atoms with E-state index >= 15 is 0 Å². The van der Waals surface area contributed by atoms with Gasteiger partial charge in [0.15, 0.2) is 21.8 Å². The van der Waals surface area contributed by atoms with Crippen LogP contribution in [0.4, 0.5) is 10.8 Å². The molecule has 9 nitrogen and oxygen atoms in total. The van der Waals surface area contributed by atoms with Gasteiger partial charge in [-0.3, -0.25) is 4.79 Å². The number of carbonyl (C=O) groups is 1. The van der Waals surface area contributed by atoms with E-state index in [-0.39, 0.29) is 35.8 Å². The van der Waals surface area contributed by atoms with Gasteiger partial charge in [0, 0.05) is 25.2 Å². The summed E-state index contributed by atoms with van der Waals surface area (Å²) in [6, 6.07) is 0.263. The van der Waals surface area contributed by atoms with Gasteiger partial charge in [-0.05, 0) is 37.5 Å². The molecular weight excluding hydrogens is 521 g/mol. The van der Waals surface area contributed by atoms with Gasteiger partial charge >= 0.3 is 0 Å². The first kappa shape index (κ1) is 22.8. The van der Waals surface area contributed by atoms with Crippen molar-refractivity contribution in [1.29, 1.82) is 0 Å². The lowest BCUT2D eigenvalue weighted by Gasteiger charge is -2.29. The summed E-state index contributed by atoms with van der Waals surface area (Å²) in [5.74, 6) is 1.04. The van der Waals surface area contributed by atoms with E-state index < -0.39 is 0 Å². The molecule has 12 heteroatoms. The number of pyridine rings is 1. The molecule has 3 aromatic rings. The monoisotopic (exact) mass is 545 g/mol. The Morgan fingerprint density at radius 1 is 1.19 bits per heavy atom. The lowest BCUT2D eigenvalue weighted by atomic mass is 9.87. The van der Waals surface area contributed by atoms with Crippen LogP contribution in [-0.2, 0) is 4.79 Å². The molecule has 188 valence electrons. The number of amides is 1. The summed E-state index contributed by atoms with van der Waals surface area (Å²) >= 11 is 14.6. The zero-order chi connectivity index (χ0) is 24.6. The zero-order valence-corrected chi connectivity index (χ0v) is 21.6. The van der Waals surface area contributed by atoms with E-state index in [2.05, 4.69) is 42.7 Å². The number of imidazole rings is 1. The molecule has 4 heterocycles. The van der Waals surface area contributed by atoms with Gasteiger partial charge in [0.25, 0.3) is 0 Å². The van der Waals surface area contributed by atoms with Crippen LogP contribution in [0.5, 0.6) is 0 Å². The Hall–Kier alpha value is -2.40. The Morgan fingerprint density at radius 2 is 2.03 bits per heavy atom. The summed E-state index contributed by atoms with van der Waals surface area (Å²) in [7, 11) is 0. The average Bonchev–Trinajstić information content (AvgIpc) is 3.33. The van der Waals surface area contributed by atoms with E-state index in [1.165, 1.54) is 11.3 Å². The topological polar surface area (TPSA) is 119 Å². The Labute approximate surface area is 221 Å². The van der Waals surface area contributed by atoms with Gasteiger partial charge in [0.05, 0.1) is 28.9 Å². The SMILES string of the molecule is O=C(NC1CC1)[C@@H]1[C@H](Nc2c(Cl)cnc3nc(-c4sc(N5CC[C@@H](O)C5)nc4Cl)[nH]c23)[C@H]2C=C[C@@H]1C2. The summed E-state index contributed by atoms with van der Waals surface area (Å²) in [6.07, 6.45) is 9.44. The highest BCUT2D eigenvalue weighted by Crippen LogP contribution is 2.47. The van der Waals surface area contributed by atoms with E-state index in [1.807, 2.05) is 4.90 Å². The minimum absolute atomic E-state index is 0.0613. The number of hydrogen-bond acceptors (Lipinski definition) is 8. The van der Waals surface area contributed by atoms with E-state index in [1.54, 1.807) is 6.20 Å². The lowest BCUT2D eigenvalue weighted by molar-refractivity contribution is -0.126. The second-order valence-electron chi connectivity index (χ2n) is 10.2. The second kappa shape index (κ2) is 8.58. The number of carbonyl (C=O) groups excluding carboxylic acids is 1. The van der Waals surface area contributed by atoms with Crippen LogP contribution in [0.1, 0.15) is 25.7 Å². The molecule has 1 saturated heterocycles. The predicted molar refractivity (Wildman–Crippen MR) is 141 cm³/mol. The molecule has 1 amide bonds. The lowest BCUT2D eigenvalue weighted by Crippen LogP contribution is -2.44. The van der Waals surface area contributed by atoms with Crippen molar-refractivity contribution in [2.24, 2.45) is 17.8 Å². The third-order valence-electron chi connectivity index (χ3n) is 7.69. The minimum Gasteiger partial charge on any atom is -0.391 e. The molecule has 0 unspecified atom stereocenters. The van der Waals surface area contributed by atoms with Crippen molar-refractivity contribution < 1.29 is 9.90 Å². The standard InChI is InChI=1S/C24H25Cl2N7O2S/c25-14-8-27-21-18(30-22(32-21)19-20(26)31-24(36-19)33-6-5-13(34)9-33)17(14)29-16-11-2-1-10(7-11)15(16)23(35)28-12-3-4-12/h1-2,8,10-13,15-16,34H,3-7,9H2,(H,28,35)(H2,27,29,30,32)/t10-,11+,13-,15+,16-/m1/s1. The smallest absolute Gasteiger partial charge is 0.226 e. The number of H-pyrrole nitrogens is 1. The van der Waals surface area contributed by atoms with Crippen LogP contribution >= 0.6 is 34.5 Å². The average molecular weight is 546 g/mol. The number of β-amino-alcohol motifs (C(OH)–C–C–N with tert-alkyl or cyclic N) is 1. The van der Waals surface area contributed by atoms with Crippen molar-refractivity contribution in [3.8, 4) is 10.7 Å². The Balaban J connectivity index is 1.21. The third-order valence-corrected chi connectivity index (χ3v) is 9.49. The van der Waals surface area contributed by atoms with Gasteiger partial charge in [-0.15, -0.1) is 0 Å². The largest absolute Gasteiger partial charge is 0.391 e. The molecule has 2 bridgehead atoms. The van der Waals surface area contributed by atoms with E-state index in [9.17, 15) is 9.90 Å². The first-order chi connectivity index (χ1) is 17.4. The number of halogens is 2. The molecule has 2 saturated carbocycles. The Bertz CT molecular complexity index is 1390. The molecule has 4 N–H and O–H groups in total. The number of allylic oxidation sites excluding steroid dienone is 1. The first-order valence-corrected chi connectivity index (χ1v) is 13.9. The molecule has 0 aromatic carbocycles. The minimum atomic E-state index is -0.349. The first-order valence-electron chi connectivity index (χ1n) is 12.3. The van der Waals surface area contributed by atoms with Crippen molar-refractivity contribution in [3.63, 3.8) is 0 Å². The molecule has 3 fully saturated rings. The molecule has 0 spiro atoms. The Morgan fingerprint density at radius 3 is 2.81 bits per heavy atom. The van der Waals surface area contributed by atoms with Crippen LogP contribution in [0.3, 0.4) is 0 Å². The third kappa shape index (κ3) is 3.86. The number of nitrogens with zero attached hydrogens (tertiary/aromatic N) is 4. The highest BCUT2D eigenvalue weighted by Gasteiger charge is 2.49. The predicted octanol–water partition coefficient (Wildman–Crippen LogP) is 3.84. The maximum atomic E-state index is 13.1. The molecule has 0 radical (unpaired) electrons. The number of aromatic nitrogens is 4. The zero-order valence-electron chi connectivity index (χ0n) is 19.2. The number of thiazole rings is 1.